The highest BCUT2D eigenvalue weighted by molar-refractivity contribution is 6.01. The van der Waals surface area contributed by atoms with Gasteiger partial charge in [-0.15, -0.1) is 0 Å². The summed E-state index contributed by atoms with van der Waals surface area (Å²) in [5, 5.41) is 9.00. The summed E-state index contributed by atoms with van der Waals surface area (Å²) in [6.07, 6.45) is 1.88. The number of carbonyl (C=O) groups is 2. The second-order valence-electron chi connectivity index (χ2n) is 6.09. The number of carbonyl (C=O) groups excluding carboxylic acids is 2. The first-order valence-corrected chi connectivity index (χ1v) is 8.01. The monoisotopic (exact) mass is 319 g/mol. The van der Waals surface area contributed by atoms with Crippen LogP contribution in [0.3, 0.4) is 0 Å². The number of ether oxygens (including phenoxy) is 1. The predicted molar refractivity (Wildman–Crippen MR) is 90.7 cm³/mol. The second-order valence-corrected chi connectivity index (χ2v) is 6.09. The molecule has 0 saturated carbocycles. The van der Waals surface area contributed by atoms with Crippen LogP contribution in [0.25, 0.3) is 0 Å². The van der Waals surface area contributed by atoms with Crippen LogP contribution < -0.4 is 20.7 Å². The summed E-state index contributed by atoms with van der Waals surface area (Å²) in [6, 6.07) is 5.23. The van der Waals surface area contributed by atoms with Gasteiger partial charge in [-0.2, -0.15) is 0 Å². The summed E-state index contributed by atoms with van der Waals surface area (Å²) < 4.78 is 5.20. The minimum atomic E-state index is -0.146. The maximum atomic E-state index is 12.4. The first-order chi connectivity index (χ1) is 11.0. The molecule has 1 fully saturated rings. The molecule has 1 aromatic rings. The summed E-state index contributed by atoms with van der Waals surface area (Å²) in [4.78, 5) is 24.4. The van der Waals surface area contributed by atoms with Gasteiger partial charge in [-0.05, 0) is 31.5 Å². The van der Waals surface area contributed by atoms with Gasteiger partial charge in [-0.25, -0.2) is 0 Å². The smallest absolute Gasteiger partial charge is 0.228 e. The van der Waals surface area contributed by atoms with Crippen molar-refractivity contribution in [3.8, 4) is 5.75 Å². The summed E-state index contributed by atoms with van der Waals surface area (Å²) in [5.41, 5.74) is 1.15. The average Bonchev–Trinajstić information content (AvgIpc) is 2.56. The Morgan fingerprint density at radius 3 is 2.65 bits per heavy atom. The number of hydrogen-bond acceptors (Lipinski definition) is 4. The zero-order valence-corrected chi connectivity index (χ0v) is 13.9. The molecule has 2 amide bonds. The van der Waals surface area contributed by atoms with Gasteiger partial charge in [-0.1, -0.05) is 13.8 Å². The van der Waals surface area contributed by atoms with Crippen LogP contribution in [0.5, 0.6) is 5.75 Å². The minimum Gasteiger partial charge on any atom is -0.497 e. The Labute approximate surface area is 137 Å². The Bertz CT molecular complexity index is 566. The van der Waals surface area contributed by atoms with E-state index in [4.69, 9.17) is 4.74 Å². The third-order valence-corrected chi connectivity index (χ3v) is 3.93. The van der Waals surface area contributed by atoms with Crippen molar-refractivity contribution in [1.82, 2.24) is 5.32 Å². The number of methoxy groups -OCH3 is 1. The SMILES string of the molecule is COc1ccc(NC(=O)[C@H]2CCCNC2)c(NC(=O)C(C)C)c1. The van der Waals surface area contributed by atoms with Crippen LogP contribution in [0.15, 0.2) is 18.2 Å². The predicted octanol–water partition coefficient (Wildman–Crippen LogP) is 2.23. The first kappa shape index (κ1) is 17.3. The number of piperidine rings is 1. The van der Waals surface area contributed by atoms with Crippen LogP contribution >= 0.6 is 0 Å². The van der Waals surface area contributed by atoms with Gasteiger partial charge in [0.25, 0.3) is 0 Å². The maximum Gasteiger partial charge on any atom is 0.228 e. The molecule has 126 valence electrons. The van der Waals surface area contributed by atoms with Gasteiger partial charge >= 0.3 is 0 Å². The van der Waals surface area contributed by atoms with Crippen molar-refractivity contribution in [2.45, 2.75) is 26.7 Å². The van der Waals surface area contributed by atoms with Gasteiger partial charge < -0.3 is 20.7 Å². The van der Waals surface area contributed by atoms with Crippen molar-refractivity contribution in [3.05, 3.63) is 18.2 Å². The molecule has 1 heterocycles. The minimum absolute atomic E-state index is 0.0255. The molecule has 1 aliphatic heterocycles. The topological polar surface area (TPSA) is 79.5 Å². The van der Waals surface area contributed by atoms with Crippen LogP contribution in [0, 0.1) is 11.8 Å². The lowest BCUT2D eigenvalue weighted by molar-refractivity contribution is -0.120. The van der Waals surface area contributed by atoms with Crippen LogP contribution in [-0.2, 0) is 9.59 Å². The van der Waals surface area contributed by atoms with Crippen LogP contribution in [0.2, 0.25) is 0 Å². The van der Waals surface area contributed by atoms with E-state index in [0.717, 1.165) is 19.4 Å². The molecular formula is C17H25N3O3. The Balaban J connectivity index is 2.15. The van der Waals surface area contributed by atoms with E-state index in [2.05, 4.69) is 16.0 Å². The van der Waals surface area contributed by atoms with Crippen molar-refractivity contribution in [2.75, 3.05) is 30.8 Å². The highest BCUT2D eigenvalue weighted by Crippen LogP contribution is 2.28. The number of rotatable bonds is 5. The van der Waals surface area contributed by atoms with E-state index >= 15 is 0 Å². The standard InChI is InChI=1S/C17H25N3O3/c1-11(2)16(21)20-15-9-13(23-3)6-7-14(15)19-17(22)12-5-4-8-18-10-12/h6-7,9,11-12,18H,4-5,8,10H2,1-3H3,(H,19,22)(H,20,21)/t12-/m0/s1. The number of nitrogens with one attached hydrogen (secondary N) is 3. The Kier molecular flexibility index (Phi) is 5.98. The third-order valence-electron chi connectivity index (χ3n) is 3.93. The molecule has 2 rings (SSSR count). The lowest BCUT2D eigenvalue weighted by Gasteiger charge is -2.23. The molecule has 3 N–H and O–H groups in total. The molecular weight excluding hydrogens is 294 g/mol. The fraction of sp³-hybridized carbons (Fsp3) is 0.529. The molecule has 1 atom stereocenters. The molecule has 23 heavy (non-hydrogen) atoms. The lowest BCUT2D eigenvalue weighted by Crippen LogP contribution is -2.37. The number of amides is 2. The molecule has 0 unspecified atom stereocenters. The van der Waals surface area contributed by atoms with Crippen LogP contribution in [0.4, 0.5) is 11.4 Å². The van der Waals surface area contributed by atoms with Gasteiger partial charge in [0.15, 0.2) is 0 Å². The van der Waals surface area contributed by atoms with E-state index < -0.39 is 0 Å². The van der Waals surface area contributed by atoms with Crippen molar-refractivity contribution in [2.24, 2.45) is 11.8 Å². The average molecular weight is 319 g/mol. The molecule has 0 aliphatic carbocycles. The van der Waals surface area contributed by atoms with Crippen molar-refractivity contribution in [1.29, 1.82) is 0 Å². The second kappa shape index (κ2) is 7.97. The highest BCUT2D eigenvalue weighted by Gasteiger charge is 2.22. The molecule has 1 aliphatic rings. The fourth-order valence-electron chi connectivity index (χ4n) is 2.45. The zero-order valence-electron chi connectivity index (χ0n) is 13.9. The van der Waals surface area contributed by atoms with Crippen molar-refractivity contribution < 1.29 is 14.3 Å². The lowest BCUT2D eigenvalue weighted by atomic mass is 9.98. The molecule has 6 nitrogen and oxygen atoms in total. The molecule has 0 spiro atoms. The largest absolute Gasteiger partial charge is 0.497 e. The van der Waals surface area contributed by atoms with E-state index in [9.17, 15) is 9.59 Å². The summed E-state index contributed by atoms with van der Waals surface area (Å²) in [6.45, 7) is 5.29. The Morgan fingerprint density at radius 1 is 1.26 bits per heavy atom. The van der Waals surface area contributed by atoms with E-state index in [1.807, 2.05) is 13.8 Å². The van der Waals surface area contributed by atoms with E-state index in [0.29, 0.717) is 23.7 Å². The zero-order chi connectivity index (χ0) is 16.8. The van der Waals surface area contributed by atoms with Gasteiger partial charge in [0.1, 0.15) is 5.75 Å². The van der Waals surface area contributed by atoms with Crippen molar-refractivity contribution in [3.63, 3.8) is 0 Å². The summed E-state index contributed by atoms with van der Waals surface area (Å²) >= 11 is 0. The van der Waals surface area contributed by atoms with E-state index in [1.54, 1.807) is 25.3 Å². The Hall–Kier alpha value is -2.08. The van der Waals surface area contributed by atoms with Gasteiger partial charge in [0, 0.05) is 18.5 Å². The number of anilines is 2. The molecule has 0 bridgehead atoms. The first-order valence-electron chi connectivity index (χ1n) is 8.01. The van der Waals surface area contributed by atoms with E-state index in [1.165, 1.54) is 0 Å². The van der Waals surface area contributed by atoms with Gasteiger partial charge in [-0.3, -0.25) is 9.59 Å². The fourth-order valence-corrected chi connectivity index (χ4v) is 2.45. The molecule has 6 heteroatoms. The van der Waals surface area contributed by atoms with Gasteiger partial charge in [0.05, 0.1) is 24.4 Å². The van der Waals surface area contributed by atoms with Gasteiger partial charge in [0.2, 0.25) is 11.8 Å². The maximum absolute atomic E-state index is 12.4. The van der Waals surface area contributed by atoms with Crippen LogP contribution in [0.1, 0.15) is 26.7 Å². The molecule has 0 aromatic heterocycles. The number of benzene rings is 1. The normalized spacial score (nSPS) is 17.7. The van der Waals surface area contributed by atoms with E-state index in [-0.39, 0.29) is 23.7 Å². The van der Waals surface area contributed by atoms with Crippen molar-refractivity contribution >= 4 is 23.2 Å². The third kappa shape index (κ3) is 4.69. The summed E-state index contributed by atoms with van der Waals surface area (Å²) in [7, 11) is 1.56. The van der Waals surface area contributed by atoms with Crippen LogP contribution in [-0.4, -0.2) is 32.0 Å². The molecule has 0 radical (unpaired) electrons. The quantitative estimate of drug-likeness (QED) is 0.777. The summed E-state index contributed by atoms with van der Waals surface area (Å²) in [5.74, 6) is 0.309. The number of hydrogen-bond donors (Lipinski definition) is 3. The molecule has 1 saturated heterocycles. The Morgan fingerprint density at radius 2 is 2.04 bits per heavy atom. The highest BCUT2D eigenvalue weighted by atomic mass is 16.5. The molecule has 1 aromatic carbocycles.